The van der Waals surface area contributed by atoms with Gasteiger partial charge in [-0.3, -0.25) is 4.79 Å². The first-order valence-corrected chi connectivity index (χ1v) is 5.98. The molecule has 1 aliphatic heterocycles. The molecule has 4 nitrogen and oxygen atoms in total. The fourth-order valence-electron chi connectivity index (χ4n) is 2.23. The Morgan fingerprint density at radius 2 is 2.00 bits per heavy atom. The highest BCUT2D eigenvalue weighted by Gasteiger charge is 2.23. The first-order chi connectivity index (χ1) is 8.08. The van der Waals surface area contributed by atoms with Gasteiger partial charge in [0.2, 0.25) is 5.91 Å². The van der Waals surface area contributed by atoms with Gasteiger partial charge in [-0.2, -0.15) is 0 Å². The number of rotatable bonds is 2. The molecule has 2 atom stereocenters. The summed E-state index contributed by atoms with van der Waals surface area (Å²) < 4.78 is 0. The highest BCUT2D eigenvalue weighted by atomic mass is 16.1. The van der Waals surface area contributed by atoms with E-state index in [1.165, 1.54) is 0 Å². The summed E-state index contributed by atoms with van der Waals surface area (Å²) in [6.07, 6.45) is 1.01. The van der Waals surface area contributed by atoms with Crippen LogP contribution in [-0.4, -0.2) is 25.0 Å². The summed E-state index contributed by atoms with van der Waals surface area (Å²) in [5, 5.41) is 0. The topological polar surface area (TPSA) is 72.3 Å². The summed E-state index contributed by atoms with van der Waals surface area (Å²) in [5.74, 6) is 0.116. The normalized spacial score (nSPS) is 24.7. The molecule has 92 valence electrons. The molecule has 0 saturated carbocycles. The van der Waals surface area contributed by atoms with Gasteiger partial charge in [-0.05, 0) is 36.6 Å². The number of benzene rings is 1. The summed E-state index contributed by atoms with van der Waals surface area (Å²) in [6, 6.07) is 7.75. The van der Waals surface area contributed by atoms with Crippen LogP contribution in [0.15, 0.2) is 24.3 Å². The van der Waals surface area contributed by atoms with Gasteiger partial charge in [0.1, 0.15) is 0 Å². The van der Waals surface area contributed by atoms with Crippen LogP contribution in [0.25, 0.3) is 0 Å². The van der Waals surface area contributed by atoms with Crippen molar-refractivity contribution in [1.82, 2.24) is 0 Å². The van der Waals surface area contributed by atoms with Crippen molar-refractivity contribution in [2.24, 2.45) is 17.4 Å². The van der Waals surface area contributed by atoms with E-state index in [2.05, 4.69) is 11.8 Å². The number of anilines is 1. The van der Waals surface area contributed by atoms with Crippen LogP contribution in [0.1, 0.15) is 23.7 Å². The lowest BCUT2D eigenvalue weighted by Crippen LogP contribution is -2.45. The minimum absolute atomic E-state index is 0.302. The Balaban J connectivity index is 2.10. The fraction of sp³-hybridized carbons (Fsp3) is 0.462. The Bertz CT molecular complexity index is 402. The van der Waals surface area contributed by atoms with Gasteiger partial charge in [0, 0.05) is 30.4 Å². The van der Waals surface area contributed by atoms with E-state index < -0.39 is 0 Å². The molecule has 1 aromatic rings. The van der Waals surface area contributed by atoms with Crippen LogP contribution in [-0.2, 0) is 0 Å². The van der Waals surface area contributed by atoms with Gasteiger partial charge >= 0.3 is 0 Å². The number of amides is 1. The highest BCUT2D eigenvalue weighted by Crippen LogP contribution is 2.22. The first-order valence-electron chi connectivity index (χ1n) is 5.98. The van der Waals surface area contributed by atoms with Crippen LogP contribution in [0.4, 0.5) is 5.69 Å². The van der Waals surface area contributed by atoms with Crippen LogP contribution in [0, 0.1) is 5.92 Å². The maximum Gasteiger partial charge on any atom is 0.248 e. The number of hydrogen-bond acceptors (Lipinski definition) is 3. The van der Waals surface area contributed by atoms with Crippen molar-refractivity contribution in [3.05, 3.63) is 29.8 Å². The summed E-state index contributed by atoms with van der Waals surface area (Å²) >= 11 is 0. The predicted molar refractivity (Wildman–Crippen MR) is 68.9 cm³/mol. The van der Waals surface area contributed by atoms with Crippen molar-refractivity contribution in [1.29, 1.82) is 0 Å². The maximum atomic E-state index is 11.0. The fourth-order valence-corrected chi connectivity index (χ4v) is 2.23. The smallest absolute Gasteiger partial charge is 0.248 e. The summed E-state index contributed by atoms with van der Waals surface area (Å²) in [7, 11) is 0. The number of hydrogen-bond donors (Lipinski definition) is 2. The molecule has 0 aliphatic carbocycles. The zero-order valence-electron chi connectivity index (χ0n) is 10.1. The molecule has 1 aliphatic rings. The average molecular weight is 233 g/mol. The molecule has 0 radical (unpaired) electrons. The third-order valence-electron chi connectivity index (χ3n) is 3.49. The second-order valence-corrected chi connectivity index (χ2v) is 4.79. The lowest BCUT2D eigenvalue weighted by Gasteiger charge is -2.36. The monoisotopic (exact) mass is 233 g/mol. The SMILES string of the molecule is CC1CN(c2ccc(C(N)=O)cc2)CCC1N. The van der Waals surface area contributed by atoms with E-state index in [0.717, 1.165) is 25.2 Å². The van der Waals surface area contributed by atoms with Crippen molar-refractivity contribution in [2.45, 2.75) is 19.4 Å². The Kier molecular flexibility index (Phi) is 3.33. The highest BCUT2D eigenvalue weighted by molar-refractivity contribution is 5.93. The van der Waals surface area contributed by atoms with Crippen LogP contribution >= 0.6 is 0 Å². The van der Waals surface area contributed by atoms with Crippen LogP contribution in [0.5, 0.6) is 0 Å². The second-order valence-electron chi connectivity index (χ2n) is 4.79. The molecule has 0 bridgehead atoms. The molecule has 1 aromatic carbocycles. The van der Waals surface area contributed by atoms with Gasteiger partial charge < -0.3 is 16.4 Å². The molecule has 1 fully saturated rings. The molecule has 2 unspecified atom stereocenters. The number of carbonyl (C=O) groups excluding carboxylic acids is 1. The standard InChI is InChI=1S/C13H19N3O/c1-9-8-16(7-6-12(9)14)11-4-2-10(3-5-11)13(15)17/h2-5,9,12H,6-8,14H2,1H3,(H2,15,17). The minimum atomic E-state index is -0.384. The quantitative estimate of drug-likeness (QED) is 0.799. The zero-order chi connectivity index (χ0) is 12.4. The van der Waals surface area contributed by atoms with E-state index in [1.54, 1.807) is 12.1 Å². The molecule has 0 spiro atoms. The second kappa shape index (κ2) is 4.75. The maximum absolute atomic E-state index is 11.0. The average Bonchev–Trinajstić information content (AvgIpc) is 2.33. The molecule has 4 heteroatoms. The van der Waals surface area contributed by atoms with Gasteiger partial charge in [-0.15, -0.1) is 0 Å². The van der Waals surface area contributed by atoms with Crippen molar-refractivity contribution < 1.29 is 4.79 Å². The molecule has 1 heterocycles. The molecule has 17 heavy (non-hydrogen) atoms. The summed E-state index contributed by atoms with van der Waals surface area (Å²) in [6.45, 7) is 4.12. The predicted octanol–water partition coefficient (Wildman–Crippen LogP) is 0.959. The third-order valence-corrected chi connectivity index (χ3v) is 3.49. The van der Waals surface area contributed by atoms with Crippen molar-refractivity contribution >= 4 is 11.6 Å². The molecule has 0 aromatic heterocycles. The van der Waals surface area contributed by atoms with Crippen LogP contribution < -0.4 is 16.4 Å². The number of carbonyl (C=O) groups is 1. The molecule has 1 saturated heterocycles. The molecule has 2 rings (SSSR count). The van der Waals surface area contributed by atoms with Gasteiger partial charge in [0.15, 0.2) is 0 Å². The zero-order valence-corrected chi connectivity index (χ0v) is 10.1. The summed E-state index contributed by atoms with van der Waals surface area (Å²) in [5.41, 5.74) is 12.9. The van der Waals surface area contributed by atoms with Gasteiger partial charge in [0.25, 0.3) is 0 Å². The minimum Gasteiger partial charge on any atom is -0.371 e. The van der Waals surface area contributed by atoms with E-state index in [9.17, 15) is 4.79 Å². The van der Waals surface area contributed by atoms with Gasteiger partial charge in [0.05, 0.1) is 0 Å². The molecular formula is C13H19N3O. The lowest BCUT2D eigenvalue weighted by molar-refractivity contribution is 0.100. The number of primary amides is 1. The Hall–Kier alpha value is -1.55. The lowest BCUT2D eigenvalue weighted by atomic mass is 9.94. The van der Waals surface area contributed by atoms with Crippen LogP contribution in [0.2, 0.25) is 0 Å². The van der Waals surface area contributed by atoms with E-state index in [1.807, 2.05) is 12.1 Å². The Morgan fingerprint density at radius 3 is 2.53 bits per heavy atom. The van der Waals surface area contributed by atoms with E-state index in [4.69, 9.17) is 11.5 Å². The number of nitrogens with zero attached hydrogens (tertiary/aromatic N) is 1. The third kappa shape index (κ3) is 2.58. The first kappa shape index (κ1) is 11.9. The van der Waals surface area contributed by atoms with Gasteiger partial charge in [-0.1, -0.05) is 6.92 Å². The number of piperidine rings is 1. The van der Waals surface area contributed by atoms with E-state index >= 15 is 0 Å². The van der Waals surface area contributed by atoms with Crippen molar-refractivity contribution in [2.75, 3.05) is 18.0 Å². The molecule has 4 N–H and O–H groups in total. The molecular weight excluding hydrogens is 214 g/mol. The molecule has 1 amide bonds. The van der Waals surface area contributed by atoms with Crippen molar-refractivity contribution in [3.8, 4) is 0 Å². The number of nitrogens with two attached hydrogens (primary N) is 2. The van der Waals surface area contributed by atoms with Crippen LogP contribution in [0.3, 0.4) is 0 Å². The summed E-state index contributed by atoms with van der Waals surface area (Å²) in [4.78, 5) is 13.3. The van der Waals surface area contributed by atoms with Gasteiger partial charge in [-0.25, -0.2) is 0 Å². The van der Waals surface area contributed by atoms with E-state index in [0.29, 0.717) is 17.5 Å². The largest absolute Gasteiger partial charge is 0.371 e. The van der Waals surface area contributed by atoms with Crippen molar-refractivity contribution in [3.63, 3.8) is 0 Å². The van der Waals surface area contributed by atoms with E-state index in [-0.39, 0.29) is 5.91 Å². The Morgan fingerprint density at radius 1 is 1.35 bits per heavy atom. The Labute approximate surface area is 102 Å².